The normalized spacial score (nSPS) is 13.8. The van der Waals surface area contributed by atoms with Crippen molar-refractivity contribution in [1.82, 2.24) is 9.80 Å². The second-order valence-corrected chi connectivity index (χ2v) is 6.66. The minimum atomic E-state index is -1.02. The largest absolute Gasteiger partial charge is 0.478 e. The highest BCUT2D eigenvalue weighted by molar-refractivity contribution is 5.94. The van der Waals surface area contributed by atoms with E-state index in [1.54, 1.807) is 21.9 Å². The van der Waals surface area contributed by atoms with Gasteiger partial charge in [0.2, 0.25) is 5.91 Å². The average Bonchev–Trinajstić information content (AvgIpc) is 2.73. The number of carbonyl (C=O) groups excluding carboxylic acids is 2. The van der Waals surface area contributed by atoms with Crippen LogP contribution in [0.5, 0.6) is 0 Å². The zero-order valence-electron chi connectivity index (χ0n) is 15.5. The zero-order chi connectivity index (χ0) is 21.0. The minimum Gasteiger partial charge on any atom is -0.478 e. The molecule has 1 aliphatic heterocycles. The number of nitro groups is 1. The maximum Gasteiger partial charge on any atom is 0.335 e. The quantitative estimate of drug-likeness (QED) is 0.607. The van der Waals surface area contributed by atoms with Crippen LogP contribution in [0.4, 0.5) is 5.69 Å². The second-order valence-electron chi connectivity index (χ2n) is 6.66. The summed E-state index contributed by atoms with van der Waals surface area (Å²) in [6, 6.07) is 11.6. The molecule has 1 N–H and O–H groups in total. The summed E-state index contributed by atoms with van der Waals surface area (Å²) in [7, 11) is 0. The van der Waals surface area contributed by atoms with Gasteiger partial charge in [-0.25, -0.2) is 4.79 Å². The van der Waals surface area contributed by atoms with Gasteiger partial charge in [0.1, 0.15) is 0 Å². The highest BCUT2D eigenvalue weighted by atomic mass is 16.6. The van der Waals surface area contributed by atoms with E-state index in [9.17, 15) is 24.5 Å². The Balaban J connectivity index is 1.54. The topological polar surface area (TPSA) is 121 Å². The Bertz CT molecular complexity index is 932. The van der Waals surface area contributed by atoms with Gasteiger partial charge in [0.15, 0.2) is 0 Å². The van der Waals surface area contributed by atoms with Crippen LogP contribution in [0.25, 0.3) is 0 Å². The zero-order valence-corrected chi connectivity index (χ0v) is 15.5. The van der Waals surface area contributed by atoms with Gasteiger partial charge in [-0.3, -0.25) is 19.7 Å². The van der Waals surface area contributed by atoms with E-state index in [-0.39, 0.29) is 29.5 Å². The number of benzene rings is 2. The van der Waals surface area contributed by atoms with E-state index >= 15 is 0 Å². The minimum absolute atomic E-state index is 0.0756. The predicted molar refractivity (Wildman–Crippen MR) is 103 cm³/mol. The molecule has 9 heteroatoms. The van der Waals surface area contributed by atoms with E-state index in [0.717, 1.165) is 5.56 Å². The van der Waals surface area contributed by atoms with Crippen molar-refractivity contribution in [3.8, 4) is 0 Å². The fourth-order valence-electron chi connectivity index (χ4n) is 3.12. The summed E-state index contributed by atoms with van der Waals surface area (Å²) in [6.07, 6.45) is 0.163. The molecule has 29 heavy (non-hydrogen) atoms. The summed E-state index contributed by atoms with van der Waals surface area (Å²) in [5.41, 5.74) is 1.19. The summed E-state index contributed by atoms with van der Waals surface area (Å²) in [6.45, 7) is 1.54. The van der Waals surface area contributed by atoms with E-state index in [1.165, 1.54) is 36.4 Å². The molecule has 2 aromatic carbocycles. The van der Waals surface area contributed by atoms with Crippen molar-refractivity contribution < 1.29 is 24.4 Å². The van der Waals surface area contributed by atoms with Gasteiger partial charge in [-0.05, 0) is 29.8 Å². The third-order valence-electron chi connectivity index (χ3n) is 4.80. The van der Waals surface area contributed by atoms with Gasteiger partial charge in [0.05, 0.1) is 16.9 Å². The molecule has 0 unspecified atom stereocenters. The van der Waals surface area contributed by atoms with Gasteiger partial charge < -0.3 is 14.9 Å². The van der Waals surface area contributed by atoms with Crippen LogP contribution in [0.2, 0.25) is 0 Å². The maximum atomic E-state index is 12.5. The predicted octanol–water partition coefficient (Wildman–Crippen LogP) is 1.82. The second kappa shape index (κ2) is 8.51. The SMILES string of the molecule is O=C(O)c1ccc(CC(=O)N2CCN(C(=O)c3ccc([N+](=O)[O-])cc3)CC2)cc1. The fraction of sp³-hybridized carbons (Fsp3) is 0.250. The van der Waals surface area contributed by atoms with Gasteiger partial charge >= 0.3 is 5.97 Å². The molecule has 1 heterocycles. The first-order valence-electron chi connectivity index (χ1n) is 8.99. The highest BCUT2D eigenvalue weighted by Crippen LogP contribution is 2.15. The summed E-state index contributed by atoms with van der Waals surface area (Å²) in [4.78, 5) is 49.4. The molecule has 0 saturated carbocycles. The summed E-state index contributed by atoms with van der Waals surface area (Å²) in [5.74, 6) is -1.33. The van der Waals surface area contributed by atoms with E-state index in [1.807, 2.05) is 0 Å². The van der Waals surface area contributed by atoms with Gasteiger partial charge in [0.25, 0.3) is 11.6 Å². The molecule has 0 bridgehead atoms. The van der Waals surface area contributed by atoms with Crippen LogP contribution in [0, 0.1) is 10.1 Å². The number of piperazine rings is 1. The Hall–Kier alpha value is -3.75. The van der Waals surface area contributed by atoms with Gasteiger partial charge in [-0.2, -0.15) is 0 Å². The van der Waals surface area contributed by atoms with E-state index in [0.29, 0.717) is 31.7 Å². The van der Waals surface area contributed by atoms with Crippen LogP contribution in [0.3, 0.4) is 0 Å². The third kappa shape index (κ3) is 4.75. The van der Waals surface area contributed by atoms with Crippen molar-refractivity contribution in [2.75, 3.05) is 26.2 Å². The molecule has 0 aromatic heterocycles. The number of hydrogen-bond donors (Lipinski definition) is 1. The first-order chi connectivity index (χ1) is 13.8. The van der Waals surface area contributed by atoms with E-state index in [2.05, 4.69) is 0 Å². The lowest BCUT2D eigenvalue weighted by Gasteiger charge is -2.35. The number of nitrogens with zero attached hydrogens (tertiary/aromatic N) is 3. The first kappa shape index (κ1) is 20.0. The van der Waals surface area contributed by atoms with Crippen LogP contribution in [-0.4, -0.2) is 63.8 Å². The van der Waals surface area contributed by atoms with Crippen molar-refractivity contribution in [1.29, 1.82) is 0 Å². The van der Waals surface area contributed by atoms with Crippen molar-refractivity contribution in [2.24, 2.45) is 0 Å². The molecular formula is C20H19N3O6. The smallest absolute Gasteiger partial charge is 0.335 e. The first-order valence-corrected chi connectivity index (χ1v) is 8.99. The Morgan fingerprint density at radius 3 is 1.90 bits per heavy atom. The van der Waals surface area contributed by atoms with Crippen molar-refractivity contribution in [3.05, 3.63) is 75.3 Å². The number of carbonyl (C=O) groups is 3. The molecule has 1 fully saturated rings. The molecule has 0 spiro atoms. The van der Waals surface area contributed by atoms with Gasteiger partial charge in [-0.15, -0.1) is 0 Å². The van der Waals surface area contributed by atoms with E-state index in [4.69, 9.17) is 5.11 Å². The molecule has 0 radical (unpaired) electrons. The number of aromatic carboxylic acids is 1. The van der Waals surface area contributed by atoms with Crippen LogP contribution in [-0.2, 0) is 11.2 Å². The fourth-order valence-corrected chi connectivity index (χ4v) is 3.12. The number of rotatable bonds is 5. The number of non-ortho nitro benzene ring substituents is 1. The molecule has 0 aliphatic carbocycles. The Labute approximate surface area is 166 Å². The summed E-state index contributed by atoms with van der Waals surface area (Å²) < 4.78 is 0. The van der Waals surface area contributed by atoms with Gasteiger partial charge in [0, 0.05) is 43.9 Å². The number of nitro benzene ring substituents is 1. The van der Waals surface area contributed by atoms with Crippen LogP contribution in [0.1, 0.15) is 26.3 Å². The number of hydrogen-bond acceptors (Lipinski definition) is 5. The molecule has 1 aliphatic rings. The summed E-state index contributed by atoms with van der Waals surface area (Å²) >= 11 is 0. The Morgan fingerprint density at radius 2 is 1.38 bits per heavy atom. The lowest BCUT2D eigenvalue weighted by Crippen LogP contribution is -2.51. The molecule has 3 rings (SSSR count). The lowest BCUT2D eigenvalue weighted by molar-refractivity contribution is -0.384. The van der Waals surface area contributed by atoms with Crippen molar-refractivity contribution in [2.45, 2.75) is 6.42 Å². The molecule has 0 atom stereocenters. The molecular weight excluding hydrogens is 378 g/mol. The number of amides is 2. The molecule has 9 nitrogen and oxygen atoms in total. The van der Waals surface area contributed by atoms with Crippen LogP contribution in [0.15, 0.2) is 48.5 Å². The molecule has 2 amide bonds. The molecule has 1 saturated heterocycles. The summed E-state index contributed by atoms with van der Waals surface area (Å²) in [5, 5.41) is 19.6. The van der Waals surface area contributed by atoms with Crippen LogP contribution < -0.4 is 0 Å². The standard InChI is InChI=1S/C20H19N3O6/c24-18(13-14-1-3-16(4-2-14)20(26)27)21-9-11-22(12-10-21)19(25)15-5-7-17(8-6-15)23(28)29/h1-8H,9-13H2,(H,26,27). The highest BCUT2D eigenvalue weighted by Gasteiger charge is 2.25. The average molecular weight is 397 g/mol. The number of carboxylic acid groups (broad SMARTS) is 1. The number of carboxylic acids is 1. The molecule has 150 valence electrons. The van der Waals surface area contributed by atoms with Crippen molar-refractivity contribution in [3.63, 3.8) is 0 Å². The lowest BCUT2D eigenvalue weighted by atomic mass is 10.1. The monoisotopic (exact) mass is 397 g/mol. The molecule has 2 aromatic rings. The van der Waals surface area contributed by atoms with E-state index < -0.39 is 10.9 Å². The Kier molecular flexibility index (Phi) is 5.87. The maximum absolute atomic E-state index is 12.5. The third-order valence-corrected chi connectivity index (χ3v) is 4.80. The van der Waals surface area contributed by atoms with Gasteiger partial charge in [-0.1, -0.05) is 12.1 Å². The van der Waals surface area contributed by atoms with Crippen molar-refractivity contribution >= 4 is 23.5 Å². The van der Waals surface area contributed by atoms with Crippen LogP contribution >= 0.6 is 0 Å². The Morgan fingerprint density at radius 1 is 0.862 bits per heavy atom.